The highest BCUT2D eigenvalue weighted by atomic mass is 14.4. The Labute approximate surface area is 100 Å². The van der Waals surface area contributed by atoms with Gasteiger partial charge in [-0.1, -0.05) is 51.0 Å². The fraction of sp³-hybridized carbons (Fsp3) is 0.625. The van der Waals surface area contributed by atoms with Gasteiger partial charge in [0.1, 0.15) is 0 Å². The third-order valence-corrected chi connectivity index (χ3v) is 4.39. The van der Waals surface area contributed by atoms with Crippen LogP contribution in [0.1, 0.15) is 69.1 Å². The molecule has 16 heavy (non-hydrogen) atoms. The molecule has 2 rings (SSSR count). The quantitative estimate of drug-likeness (QED) is 0.670. The van der Waals surface area contributed by atoms with Crippen molar-refractivity contribution in [1.29, 1.82) is 0 Å². The molecule has 1 aromatic carbocycles. The molecule has 0 N–H and O–H groups in total. The van der Waals surface area contributed by atoms with Crippen molar-refractivity contribution in [3.05, 3.63) is 34.9 Å². The molecule has 1 saturated carbocycles. The van der Waals surface area contributed by atoms with Crippen molar-refractivity contribution in [1.82, 2.24) is 0 Å². The minimum atomic E-state index is 0.521. The third-order valence-electron chi connectivity index (χ3n) is 4.39. The first kappa shape index (κ1) is 11.7. The highest BCUT2D eigenvalue weighted by Gasteiger charge is 2.38. The lowest BCUT2D eigenvalue weighted by Gasteiger charge is -2.43. The second kappa shape index (κ2) is 4.24. The van der Waals surface area contributed by atoms with Gasteiger partial charge in [0.05, 0.1) is 0 Å². The first-order chi connectivity index (χ1) is 7.59. The van der Waals surface area contributed by atoms with Crippen LogP contribution in [0.2, 0.25) is 0 Å². The van der Waals surface area contributed by atoms with E-state index >= 15 is 0 Å². The van der Waals surface area contributed by atoms with Crippen LogP contribution < -0.4 is 0 Å². The maximum Gasteiger partial charge on any atom is -0.00467 e. The molecule has 0 aliphatic heterocycles. The van der Waals surface area contributed by atoms with Crippen molar-refractivity contribution < 1.29 is 0 Å². The van der Waals surface area contributed by atoms with Gasteiger partial charge >= 0.3 is 0 Å². The Balaban J connectivity index is 2.47. The molecule has 1 aromatic rings. The smallest absolute Gasteiger partial charge is 0.00467 e. The Morgan fingerprint density at radius 3 is 2.38 bits per heavy atom. The predicted octanol–water partition coefficient (Wildman–Crippen LogP) is 4.95. The van der Waals surface area contributed by atoms with Crippen LogP contribution in [0, 0.1) is 6.92 Å². The molecule has 0 amide bonds. The van der Waals surface area contributed by atoms with Gasteiger partial charge in [-0.15, -0.1) is 0 Å². The van der Waals surface area contributed by atoms with Gasteiger partial charge in [-0.2, -0.15) is 0 Å². The largest absolute Gasteiger partial charge is 0.0645 e. The van der Waals surface area contributed by atoms with Gasteiger partial charge in [-0.05, 0) is 48.6 Å². The molecule has 0 aromatic heterocycles. The summed E-state index contributed by atoms with van der Waals surface area (Å²) in [5.74, 6) is 0.652. The van der Waals surface area contributed by atoms with Gasteiger partial charge in [0.15, 0.2) is 0 Å². The zero-order chi connectivity index (χ0) is 11.8. The van der Waals surface area contributed by atoms with Crippen LogP contribution in [0.15, 0.2) is 18.2 Å². The Hall–Kier alpha value is -0.780. The molecule has 88 valence electrons. The lowest BCUT2D eigenvalue weighted by atomic mass is 9.61. The van der Waals surface area contributed by atoms with Crippen LogP contribution in [0.4, 0.5) is 0 Å². The fourth-order valence-electron chi connectivity index (χ4n) is 3.06. The van der Waals surface area contributed by atoms with Crippen molar-refractivity contribution in [3.63, 3.8) is 0 Å². The lowest BCUT2D eigenvalue weighted by molar-refractivity contribution is 0.232. The molecule has 0 spiro atoms. The minimum absolute atomic E-state index is 0.521. The van der Waals surface area contributed by atoms with Gasteiger partial charge < -0.3 is 0 Å². The van der Waals surface area contributed by atoms with Crippen molar-refractivity contribution in [2.45, 2.75) is 64.7 Å². The standard InChI is InChI=1S/C16H24/c1-5-16(9-6-10-16)15-8-7-13(4)11-14(15)12(2)3/h7-8,11-12H,5-6,9-10H2,1-4H3. The zero-order valence-electron chi connectivity index (χ0n) is 11.1. The maximum atomic E-state index is 2.40. The maximum absolute atomic E-state index is 2.40. The number of hydrogen-bond donors (Lipinski definition) is 0. The van der Waals surface area contributed by atoms with Gasteiger partial charge in [-0.3, -0.25) is 0 Å². The lowest BCUT2D eigenvalue weighted by Crippen LogP contribution is -2.34. The van der Waals surface area contributed by atoms with E-state index in [-0.39, 0.29) is 0 Å². The molecule has 1 fully saturated rings. The second-order valence-corrected chi connectivity index (χ2v) is 5.73. The molecule has 0 heteroatoms. The Morgan fingerprint density at radius 2 is 1.94 bits per heavy atom. The molecule has 0 nitrogen and oxygen atoms in total. The van der Waals surface area contributed by atoms with E-state index < -0.39 is 0 Å². The molecule has 0 bridgehead atoms. The van der Waals surface area contributed by atoms with Gasteiger partial charge in [0.25, 0.3) is 0 Å². The van der Waals surface area contributed by atoms with E-state index in [1.54, 1.807) is 11.1 Å². The Morgan fingerprint density at radius 1 is 1.25 bits per heavy atom. The molecular weight excluding hydrogens is 192 g/mol. The van der Waals surface area contributed by atoms with E-state index in [4.69, 9.17) is 0 Å². The van der Waals surface area contributed by atoms with Crippen LogP contribution in [-0.2, 0) is 5.41 Å². The molecule has 1 aliphatic rings. The summed E-state index contributed by atoms with van der Waals surface area (Å²) in [4.78, 5) is 0. The van der Waals surface area contributed by atoms with Crippen LogP contribution in [-0.4, -0.2) is 0 Å². The summed E-state index contributed by atoms with van der Waals surface area (Å²) in [6.07, 6.45) is 5.51. The number of rotatable bonds is 3. The average Bonchev–Trinajstić information content (AvgIpc) is 2.19. The topological polar surface area (TPSA) is 0 Å². The van der Waals surface area contributed by atoms with E-state index in [1.165, 1.54) is 31.2 Å². The summed E-state index contributed by atoms with van der Waals surface area (Å²) in [5, 5.41) is 0. The first-order valence-corrected chi connectivity index (χ1v) is 6.70. The summed E-state index contributed by atoms with van der Waals surface area (Å²) in [6.45, 7) is 9.19. The van der Waals surface area contributed by atoms with Crippen molar-refractivity contribution in [2.75, 3.05) is 0 Å². The summed E-state index contributed by atoms with van der Waals surface area (Å²) >= 11 is 0. The normalized spacial score (nSPS) is 18.6. The van der Waals surface area contributed by atoms with E-state index in [2.05, 4.69) is 45.9 Å². The number of aryl methyl sites for hydroxylation is 1. The number of hydrogen-bond acceptors (Lipinski definition) is 0. The molecule has 0 atom stereocenters. The van der Waals surface area contributed by atoms with Crippen molar-refractivity contribution in [2.24, 2.45) is 0 Å². The monoisotopic (exact) mass is 216 g/mol. The summed E-state index contributed by atoms with van der Waals surface area (Å²) < 4.78 is 0. The molecule has 0 radical (unpaired) electrons. The summed E-state index contributed by atoms with van der Waals surface area (Å²) in [6, 6.07) is 7.08. The summed E-state index contributed by atoms with van der Waals surface area (Å²) in [5.41, 5.74) is 5.15. The van der Waals surface area contributed by atoms with Crippen LogP contribution in [0.25, 0.3) is 0 Å². The van der Waals surface area contributed by atoms with Gasteiger partial charge in [-0.25, -0.2) is 0 Å². The SMILES string of the molecule is CCC1(c2ccc(C)cc2C(C)C)CCC1. The Bertz CT molecular complexity index is 364. The van der Waals surface area contributed by atoms with E-state index in [9.17, 15) is 0 Å². The van der Waals surface area contributed by atoms with Gasteiger partial charge in [0, 0.05) is 0 Å². The molecule has 0 saturated heterocycles. The van der Waals surface area contributed by atoms with Crippen LogP contribution in [0.5, 0.6) is 0 Å². The average molecular weight is 216 g/mol. The molecular formula is C16H24. The number of benzene rings is 1. The second-order valence-electron chi connectivity index (χ2n) is 5.73. The van der Waals surface area contributed by atoms with Crippen LogP contribution in [0.3, 0.4) is 0 Å². The third kappa shape index (κ3) is 1.79. The highest BCUT2D eigenvalue weighted by molar-refractivity contribution is 5.40. The first-order valence-electron chi connectivity index (χ1n) is 6.70. The minimum Gasteiger partial charge on any atom is -0.0645 e. The van der Waals surface area contributed by atoms with Crippen LogP contribution >= 0.6 is 0 Å². The molecule has 0 heterocycles. The zero-order valence-corrected chi connectivity index (χ0v) is 11.1. The highest BCUT2D eigenvalue weighted by Crippen LogP contribution is 2.48. The van der Waals surface area contributed by atoms with Crippen molar-refractivity contribution in [3.8, 4) is 0 Å². The molecule has 0 unspecified atom stereocenters. The van der Waals surface area contributed by atoms with E-state index in [0.29, 0.717) is 11.3 Å². The predicted molar refractivity (Wildman–Crippen MR) is 71.1 cm³/mol. The van der Waals surface area contributed by atoms with Gasteiger partial charge in [0.2, 0.25) is 0 Å². The van der Waals surface area contributed by atoms with E-state index in [0.717, 1.165) is 0 Å². The summed E-state index contributed by atoms with van der Waals surface area (Å²) in [7, 11) is 0. The molecule has 1 aliphatic carbocycles. The van der Waals surface area contributed by atoms with E-state index in [1.807, 2.05) is 0 Å². The fourth-order valence-corrected chi connectivity index (χ4v) is 3.06. The van der Waals surface area contributed by atoms with Crippen molar-refractivity contribution >= 4 is 0 Å². The Kier molecular flexibility index (Phi) is 3.10.